The van der Waals surface area contributed by atoms with Crippen molar-refractivity contribution in [1.82, 2.24) is 14.7 Å². The van der Waals surface area contributed by atoms with Crippen molar-refractivity contribution in [2.75, 3.05) is 7.05 Å². The van der Waals surface area contributed by atoms with Gasteiger partial charge in [-0.25, -0.2) is 4.68 Å². The van der Waals surface area contributed by atoms with E-state index in [1.807, 2.05) is 79.0 Å². The van der Waals surface area contributed by atoms with Gasteiger partial charge in [-0.3, -0.25) is 4.79 Å². The number of aromatic nitrogens is 2. The molecule has 0 spiro atoms. The van der Waals surface area contributed by atoms with E-state index < -0.39 is 0 Å². The van der Waals surface area contributed by atoms with Gasteiger partial charge in [0.1, 0.15) is 0 Å². The number of hydrogen-bond donors (Lipinski definition) is 0. The maximum Gasteiger partial charge on any atom is 0.227 e. The molecule has 0 saturated heterocycles. The van der Waals surface area contributed by atoms with E-state index in [2.05, 4.69) is 24.2 Å². The molecule has 1 amide bonds. The number of carbonyl (C=O) groups excluding carboxylic acids is 1. The first-order chi connectivity index (χ1) is 12.5. The van der Waals surface area contributed by atoms with E-state index in [1.165, 1.54) is 0 Å². The summed E-state index contributed by atoms with van der Waals surface area (Å²) in [6.07, 6.45) is 0.359. The van der Waals surface area contributed by atoms with E-state index in [1.54, 1.807) is 0 Å². The molecule has 0 aliphatic rings. The summed E-state index contributed by atoms with van der Waals surface area (Å²) in [4.78, 5) is 14.7. The Morgan fingerprint density at radius 2 is 1.62 bits per heavy atom. The maximum absolute atomic E-state index is 12.9. The molecule has 1 unspecified atom stereocenters. The van der Waals surface area contributed by atoms with Crippen molar-refractivity contribution in [3.8, 4) is 5.69 Å². The molecular formula is C22H25N3O. The molecule has 0 aliphatic carbocycles. The highest BCUT2D eigenvalue weighted by molar-refractivity contribution is 5.79. The van der Waals surface area contributed by atoms with Crippen molar-refractivity contribution in [1.29, 1.82) is 0 Å². The van der Waals surface area contributed by atoms with E-state index >= 15 is 0 Å². The third-order valence-corrected chi connectivity index (χ3v) is 5.03. The van der Waals surface area contributed by atoms with E-state index in [0.717, 1.165) is 28.2 Å². The predicted molar refractivity (Wildman–Crippen MR) is 104 cm³/mol. The van der Waals surface area contributed by atoms with Gasteiger partial charge in [-0.05, 0) is 38.5 Å². The average Bonchev–Trinajstić information content (AvgIpc) is 2.96. The fraction of sp³-hybridized carbons (Fsp3) is 0.273. The van der Waals surface area contributed by atoms with Gasteiger partial charge in [0.25, 0.3) is 0 Å². The third-order valence-electron chi connectivity index (χ3n) is 5.03. The van der Waals surface area contributed by atoms with Crippen LogP contribution in [0.15, 0.2) is 60.7 Å². The van der Waals surface area contributed by atoms with Crippen LogP contribution in [0.25, 0.3) is 5.69 Å². The molecule has 0 fully saturated rings. The number of rotatable bonds is 5. The van der Waals surface area contributed by atoms with Crippen LogP contribution in [0.5, 0.6) is 0 Å². The SMILES string of the molecule is Cc1nn(-c2ccccc2)c(C)c1CC(=O)N(C)C(C)c1ccccc1. The summed E-state index contributed by atoms with van der Waals surface area (Å²) in [6, 6.07) is 20.2. The fourth-order valence-corrected chi connectivity index (χ4v) is 3.20. The van der Waals surface area contributed by atoms with E-state index in [4.69, 9.17) is 0 Å². The van der Waals surface area contributed by atoms with Crippen LogP contribution in [0.2, 0.25) is 0 Å². The minimum atomic E-state index is 0.0356. The molecule has 3 rings (SSSR count). The highest BCUT2D eigenvalue weighted by atomic mass is 16.2. The first kappa shape index (κ1) is 17.9. The van der Waals surface area contributed by atoms with Crippen LogP contribution in [0.3, 0.4) is 0 Å². The van der Waals surface area contributed by atoms with Crippen molar-refractivity contribution >= 4 is 5.91 Å². The number of carbonyl (C=O) groups is 1. The minimum Gasteiger partial charge on any atom is -0.339 e. The Balaban J connectivity index is 1.80. The lowest BCUT2D eigenvalue weighted by molar-refractivity contribution is -0.131. The molecule has 3 aromatic rings. The molecule has 134 valence electrons. The quantitative estimate of drug-likeness (QED) is 0.692. The van der Waals surface area contributed by atoms with Gasteiger partial charge in [-0.2, -0.15) is 5.10 Å². The summed E-state index contributed by atoms with van der Waals surface area (Å²) in [5, 5.41) is 4.64. The van der Waals surface area contributed by atoms with Crippen molar-refractivity contribution in [3.63, 3.8) is 0 Å². The maximum atomic E-state index is 12.9. The summed E-state index contributed by atoms with van der Waals surface area (Å²) in [7, 11) is 1.87. The molecule has 0 radical (unpaired) electrons. The van der Waals surface area contributed by atoms with Crippen LogP contribution in [-0.4, -0.2) is 27.6 Å². The Bertz CT molecular complexity index is 885. The Morgan fingerprint density at radius 1 is 1.04 bits per heavy atom. The van der Waals surface area contributed by atoms with Crippen molar-refractivity contribution in [2.24, 2.45) is 0 Å². The molecule has 1 atom stereocenters. The van der Waals surface area contributed by atoms with Crippen LogP contribution in [0.1, 0.15) is 35.5 Å². The van der Waals surface area contributed by atoms with Crippen molar-refractivity contribution in [2.45, 2.75) is 33.2 Å². The molecule has 0 N–H and O–H groups in total. The van der Waals surface area contributed by atoms with Gasteiger partial charge in [0, 0.05) is 18.3 Å². The zero-order valence-electron chi connectivity index (χ0n) is 15.8. The zero-order chi connectivity index (χ0) is 18.7. The van der Waals surface area contributed by atoms with Gasteiger partial charge in [0.05, 0.1) is 23.8 Å². The minimum absolute atomic E-state index is 0.0356. The Morgan fingerprint density at radius 3 is 2.23 bits per heavy atom. The van der Waals surface area contributed by atoms with Gasteiger partial charge in [0.15, 0.2) is 0 Å². The number of amides is 1. The first-order valence-electron chi connectivity index (χ1n) is 8.90. The van der Waals surface area contributed by atoms with Crippen LogP contribution < -0.4 is 0 Å². The molecule has 4 heteroatoms. The van der Waals surface area contributed by atoms with Crippen molar-refractivity contribution in [3.05, 3.63) is 83.2 Å². The lowest BCUT2D eigenvalue weighted by Crippen LogP contribution is -2.31. The highest BCUT2D eigenvalue weighted by Gasteiger charge is 2.21. The molecule has 1 heterocycles. The van der Waals surface area contributed by atoms with Gasteiger partial charge >= 0.3 is 0 Å². The van der Waals surface area contributed by atoms with Crippen LogP contribution in [0.4, 0.5) is 0 Å². The largest absolute Gasteiger partial charge is 0.339 e. The molecule has 2 aromatic carbocycles. The summed E-state index contributed by atoms with van der Waals surface area (Å²) in [5.41, 5.74) is 5.07. The second-order valence-corrected chi connectivity index (χ2v) is 6.66. The lowest BCUT2D eigenvalue weighted by Gasteiger charge is -2.25. The van der Waals surface area contributed by atoms with E-state index in [9.17, 15) is 4.79 Å². The number of nitrogens with zero attached hydrogens (tertiary/aromatic N) is 3. The van der Waals surface area contributed by atoms with E-state index in [0.29, 0.717) is 6.42 Å². The first-order valence-corrected chi connectivity index (χ1v) is 8.90. The molecule has 0 saturated carbocycles. The molecule has 0 aliphatic heterocycles. The number of aryl methyl sites for hydroxylation is 1. The summed E-state index contributed by atoms with van der Waals surface area (Å²) < 4.78 is 1.92. The monoisotopic (exact) mass is 347 g/mol. The normalized spacial score (nSPS) is 12.0. The van der Waals surface area contributed by atoms with Crippen LogP contribution in [-0.2, 0) is 11.2 Å². The van der Waals surface area contributed by atoms with Crippen LogP contribution >= 0.6 is 0 Å². The molecule has 1 aromatic heterocycles. The standard InChI is InChI=1S/C22H25N3O/c1-16-21(18(3)25(23-16)20-13-9-6-10-14-20)15-22(26)24(4)17(2)19-11-7-5-8-12-19/h5-14,17H,15H2,1-4H3. The third kappa shape index (κ3) is 3.54. The molecule has 0 bridgehead atoms. The zero-order valence-corrected chi connectivity index (χ0v) is 15.8. The van der Waals surface area contributed by atoms with Gasteiger partial charge < -0.3 is 4.90 Å². The number of hydrogen-bond acceptors (Lipinski definition) is 2. The number of para-hydroxylation sites is 1. The topological polar surface area (TPSA) is 38.1 Å². The van der Waals surface area contributed by atoms with Crippen LogP contribution in [0, 0.1) is 13.8 Å². The molecule has 26 heavy (non-hydrogen) atoms. The summed E-state index contributed by atoms with van der Waals surface area (Å²) in [5.74, 6) is 0.0974. The summed E-state index contributed by atoms with van der Waals surface area (Å²) >= 11 is 0. The fourth-order valence-electron chi connectivity index (χ4n) is 3.20. The van der Waals surface area contributed by atoms with E-state index in [-0.39, 0.29) is 11.9 Å². The van der Waals surface area contributed by atoms with Gasteiger partial charge in [-0.15, -0.1) is 0 Å². The smallest absolute Gasteiger partial charge is 0.227 e. The Hall–Kier alpha value is -2.88. The molecular weight excluding hydrogens is 322 g/mol. The second-order valence-electron chi connectivity index (χ2n) is 6.66. The van der Waals surface area contributed by atoms with Crippen molar-refractivity contribution < 1.29 is 4.79 Å². The Kier molecular flexibility index (Phi) is 5.21. The summed E-state index contributed by atoms with van der Waals surface area (Å²) in [6.45, 7) is 6.05. The van der Waals surface area contributed by atoms with Gasteiger partial charge in [-0.1, -0.05) is 48.5 Å². The second kappa shape index (κ2) is 7.56. The highest BCUT2D eigenvalue weighted by Crippen LogP contribution is 2.22. The predicted octanol–water partition coefficient (Wildman–Crippen LogP) is 4.25. The lowest BCUT2D eigenvalue weighted by atomic mass is 10.1. The Labute approximate surface area is 155 Å². The average molecular weight is 347 g/mol. The number of likely N-dealkylation sites (N-methyl/N-ethyl adjacent to an activating group) is 1. The molecule has 4 nitrogen and oxygen atoms in total. The van der Waals surface area contributed by atoms with Gasteiger partial charge in [0.2, 0.25) is 5.91 Å². The number of benzene rings is 2.